The van der Waals surface area contributed by atoms with Crippen molar-refractivity contribution >= 4 is 33.7 Å². The van der Waals surface area contributed by atoms with Crippen molar-refractivity contribution in [1.82, 2.24) is 0 Å². The Bertz CT molecular complexity index is 872. The van der Waals surface area contributed by atoms with Crippen LogP contribution in [-0.2, 0) is 0 Å². The molecule has 4 heteroatoms. The maximum absolute atomic E-state index is 11.1. The molecule has 0 aliphatic carbocycles. The maximum Gasteiger partial charge on any atom is 0.252 e. The van der Waals surface area contributed by atoms with E-state index in [1.807, 2.05) is 13.8 Å². The summed E-state index contributed by atoms with van der Waals surface area (Å²) in [7, 11) is 0. The Hall–Kier alpha value is -2.52. The molecule has 0 radical (unpaired) electrons. The molecule has 0 saturated heterocycles. The first-order valence-electron chi connectivity index (χ1n) is 7.01. The Morgan fingerprint density at radius 3 is 1.42 bits per heavy atom. The average molecular weight is 355 g/mol. The highest BCUT2D eigenvalue weighted by atomic mass is 35.5. The zero-order valence-electron chi connectivity index (χ0n) is 13.0. The molecule has 2 rings (SSSR count). The Balaban J connectivity index is 2.22. The molecule has 118 valence electrons. The number of rotatable bonds is 2. The first kappa shape index (κ1) is 17.8. The lowest BCUT2D eigenvalue weighted by molar-refractivity contribution is 0.107. The van der Waals surface area contributed by atoms with Gasteiger partial charge in [-0.3, -0.25) is 9.59 Å². The maximum atomic E-state index is 11.1. The van der Waals surface area contributed by atoms with Crippen molar-refractivity contribution in [1.29, 1.82) is 0 Å². The lowest BCUT2D eigenvalue weighted by Gasteiger charge is -1.99. The molecule has 0 heterocycles. The molecular formula is C20H12Cl2O2. The fourth-order valence-electron chi connectivity index (χ4n) is 2.05. The zero-order valence-corrected chi connectivity index (χ0v) is 14.5. The second-order valence-electron chi connectivity index (χ2n) is 5.11. The van der Waals surface area contributed by atoms with Gasteiger partial charge in [0, 0.05) is 22.3 Å². The van der Waals surface area contributed by atoms with Crippen LogP contribution in [0.3, 0.4) is 0 Å². The topological polar surface area (TPSA) is 34.1 Å². The van der Waals surface area contributed by atoms with Crippen LogP contribution in [0, 0.1) is 37.5 Å². The van der Waals surface area contributed by atoms with Gasteiger partial charge in [-0.05, 0) is 96.4 Å². The molecule has 2 aromatic carbocycles. The second kappa shape index (κ2) is 7.84. The number of carbonyl (C=O) groups excluding carboxylic acids is 2. The minimum absolute atomic E-state index is 0.440. The van der Waals surface area contributed by atoms with E-state index in [2.05, 4.69) is 23.7 Å². The van der Waals surface area contributed by atoms with Crippen LogP contribution in [-0.4, -0.2) is 10.5 Å². The van der Waals surface area contributed by atoms with E-state index in [-0.39, 0.29) is 0 Å². The summed E-state index contributed by atoms with van der Waals surface area (Å²) < 4.78 is 0. The molecule has 0 aromatic heterocycles. The van der Waals surface area contributed by atoms with E-state index in [0.717, 1.165) is 22.3 Å². The van der Waals surface area contributed by atoms with Crippen LogP contribution in [0.4, 0.5) is 0 Å². The van der Waals surface area contributed by atoms with E-state index in [4.69, 9.17) is 23.2 Å². The summed E-state index contributed by atoms with van der Waals surface area (Å²) in [5, 5.41) is -0.987. The van der Waals surface area contributed by atoms with E-state index in [9.17, 15) is 9.59 Å². The van der Waals surface area contributed by atoms with Crippen LogP contribution in [0.2, 0.25) is 0 Å². The van der Waals surface area contributed by atoms with Gasteiger partial charge in [-0.15, -0.1) is 0 Å². The van der Waals surface area contributed by atoms with Gasteiger partial charge in [0.2, 0.25) is 0 Å². The van der Waals surface area contributed by atoms with Crippen molar-refractivity contribution < 1.29 is 9.59 Å². The molecule has 0 amide bonds. The van der Waals surface area contributed by atoms with Crippen molar-refractivity contribution in [2.75, 3.05) is 0 Å². The molecule has 0 spiro atoms. The Labute approximate surface area is 150 Å². The van der Waals surface area contributed by atoms with Gasteiger partial charge in [0.1, 0.15) is 0 Å². The molecular weight excluding hydrogens is 343 g/mol. The monoisotopic (exact) mass is 354 g/mol. The summed E-state index contributed by atoms with van der Waals surface area (Å²) in [6, 6.07) is 10.1. The van der Waals surface area contributed by atoms with Crippen molar-refractivity contribution in [3.05, 3.63) is 69.8 Å². The second-order valence-corrected chi connectivity index (χ2v) is 5.79. The molecule has 0 atom stereocenters. The minimum Gasteiger partial charge on any atom is -0.276 e. The van der Waals surface area contributed by atoms with E-state index in [1.54, 1.807) is 36.4 Å². The van der Waals surface area contributed by atoms with Gasteiger partial charge in [0.05, 0.1) is 0 Å². The summed E-state index contributed by atoms with van der Waals surface area (Å²) >= 11 is 10.9. The summed E-state index contributed by atoms with van der Waals surface area (Å²) in [6.07, 6.45) is 0. The van der Waals surface area contributed by atoms with Crippen molar-refractivity contribution in [3.63, 3.8) is 0 Å². The number of hydrogen-bond acceptors (Lipinski definition) is 2. The highest BCUT2D eigenvalue weighted by Gasteiger charge is 2.04. The lowest BCUT2D eigenvalue weighted by atomic mass is 10.1. The van der Waals surface area contributed by atoms with E-state index in [1.165, 1.54) is 0 Å². The number of carbonyl (C=O) groups is 2. The van der Waals surface area contributed by atoms with Crippen LogP contribution in [0.5, 0.6) is 0 Å². The molecule has 0 fully saturated rings. The van der Waals surface area contributed by atoms with Crippen LogP contribution in [0.25, 0.3) is 0 Å². The molecule has 2 nitrogen and oxygen atoms in total. The molecule has 0 unspecified atom stereocenters. The number of benzene rings is 2. The van der Waals surface area contributed by atoms with Gasteiger partial charge in [0.25, 0.3) is 10.5 Å². The summed E-state index contributed by atoms with van der Waals surface area (Å²) in [5.74, 6) is 11.5. The third kappa shape index (κ3) is 4.49. The molecule has 0 bridgehead atoms. The van der Waals surface area contributed by atoms with Gasteiger partial charge >= 0.3 is 0 Å². The Morgan fingerprint density at radius 1 is 0.750 bits per heavy atom. The first-order chi connectivity index (χ1) is 11.4. The van der Waals surface area contributed by atoms with Crippen LogP contribution in [0.1, 0.15) is 43.0 Å². The fourth-order valence-corrected chi connectivity index (χ4v) is 2.28. The van der Waals surface area contributed by atoms with Crippen LogP contribution in [0.15, 0.2) is 36.4 Å². The van der Waals surface area contributed by atoms with Gasteiger partial charge in [-0.1, -0.05) is 11.8 Å². The van der Waals surface area contributed by atoms with Gasteiger partial charge in [-0.2, -0.15) is 0 Å². The van der Waals surface area contributed by atoms with Crippen LogP contribution < -0.4 is 0 Å². The highest BCUT2D eigenvalue weighted by Crippen LogP contribution is 2.13. The third-order valence-electron chi connectivity index (χ3n) is 3.36. The summed E-state index contributed by atoms with van der Waals surface area (Å²) in [4.78, 5) is 22.2. The van der Waals surface area contributed by atoms with Crippen molar-refractivity contribution in [3.8, 4) is 23.7 Å². The smallest absolute Gasteiger partial charge is 0.252 e. The predicted molar refractivity (Wildman–Crippen MR) is 96.5 cm³/mol. The van der Waals surface area contributed by atoms with E-state index < -0.39 is 10.5 Å². The van der Waals surface area contributed by atoms with Crippen molar-refractivity contribution in [2.24, 2.45) is 0 Å². The third-order valence-corrected chi connectivity index (χ3v) is 3.80. The van der Waals surface area contributed by atoms with Gasteiger partial charge < -0.3 is 0 Å². The summed E-state index contributed by atoms with van der Waals surface area (Å²) in [6.45, 7) is 3.71. The van der Waals surface area contributed by atoms with Gasteiger partial charge in [-0.25, -0.2) is 0 Å². The standard InChI is InChI=1S/C20H12Cl2O2/c1-13-11-17(19(21)23)9-7-15(13)5-3-4-6-16-8-10-18(20(22)24)12-14(16)2/h7-12H,1-2H3. The van der Waals surface area contributed by atoms with Gasteiger partial charge in [0.15, 0.2) is 0 Å². The molecule has 0 N–H and O–H groups in total. The number of hydrogen-bond donors (Lipinski definition) is 0. The zero-order chi connectivity index (χ0) is 17.7. The van der Waals surface area contributed by atoms with Crippen LogP contribution >= 0.6 is 23.2 Å². The SMILES string of the molecule is Cc1cc(C(=O)Cl)ccc1C#CC#Cc1ccc(C(=O)Cl)cc1C. The molecule has 0 aliphatic rings. The number of halogens is 2. The minimum atomic E-state index is -0.494. The lowest BCUT2D eigenvalue weighted by Crippen LogP contribution is -1.91. The number of aryl methyl sites for hydroxylation is 2. The molecule has 0 aliphatic heterocycles. The predicted octanol–water partition coefficient (Wildman–Crippen LogP) is 4.46. The molecule has 24 heavy (non-hydrogen) atoms. The first-order valence-corrected chi connectivity index (χ1v) is 7.77. The highest BCUT2D eigenvalue weighted by molar-refractivity contribution is 6.68. The molecule has 0 saturated carbocycles. The molecule has 2 aromatic rings. The normalized spacial score (nSPS) is 9.33. The quantitative estimate of drug-likeness (QED) is 0.589. The van der Waals surface area contributed by atoms with E-state index in [0.29, 0.717) is 11.1 Å². The largest absolute Gasteiger partial charge is 0.276 e. The summed E-state index contributed by atoms with van der Waals surface area (Å²) in [5.41, 5.74) is 4.16. The Morgan fingerprint density at radius 2 is 1.12 bits per heavy atom. The average Bonchev–Trinajstić information content (AvgIpc) is 2.53. The van der Waals surface area contributed by atoms with Crippen molar-refractivity contribution in [2.45, 2.75) is 13.8 Å². The Kier molecular flexibility index (Phi) is 5.83. The fraction of sp³-hybridized carbons (Fsp3) is 0.100. The van der Waals surface area contributed by atoms with E-state index >= 15 is 0 Å².